The highest BCUT2D eigenvalue weighted by molar-refractivity contribution is 5.72. The third kappa shape index (κ3) is 3.67. The molecule has 1 aliphatic rings. The van der Waals surface area contributed by atoms with Crippen molar-refractivity contribution in [3.8, 4) is 0 Å². The molecule has 156 valence electrons. The summed E-state index contributed by atoms with van der Waals surface area (Å²) in [7, 11) is 1.96. The molecule has 3 heterocycles. The highest BCUT2D eigenvalue weighted by atomic mass is 19.1. The SMILES string of the molecule is C=C(C)/C=C(/C)N(C)c1cnn2ccc(N3CCC[C@@H]3c3cc(F)ccc3F)nc12. The fourth-order valence-electron chi connectivity index (χ4n) is 4.02. The summed E-state index contributed by atoms with van der Waals surface area (Å²) in [6.07, 6.45) is 7.26. The summed E-state index contributed by atoms with van der Waals surface area (Å²) in [6.45, 7) is 8.62. The molecule has 0 unspecified atom stereocenters. The van der Waals surface area contributed by atoms with Gasteiger partial charge < -0.3 is 9.80 Å². The van der Waals surface area contributed by atoms with Gasteiger partial charge in [-0.1, -0.05) is 12.2 Å². The molecule has 0 spiro atoms. The van der Waals surface area contributed by atoms with Gasteiger partial charge in [0.2, 0.25) is 0 Å². The van der Waals surface area contributed by atoms with Gasteiger partial charge in [-0.3, -0.25) is 0 Å². The van der Waals surface area contributed by atoms with Crippen LogP contribution in [0.2, 0.25) is 0 Å². The molecule has 0 saturated carbocycles. The summed E-state index contributed by atoms with van der Waals surface area (Å²) >= 11 is 0. The zero-order valence-corrected chi connectivity index (χ0v) is 17.4. The van der Waals surface area contributed by atoms with E-state index in [2.05, 4.69) is 11.7 Å². The molecule has 1 fully saturated rings. The number of nitrogens with zero attached hydrogens (tertiary/aromatic N) is 5. The van der Waals surface area contributed by atoms with Gasteiger partial charge in [0.25, 0.3) is 0 Å². The normalized spacial score (nSPS) is 17.0. The van der Waals surface area contributed by atoms with Crippen molar-refractivity contribution in [2.75, 3.05) is 23.4 Å². The average Bonchev–Trinajstić information content (AvgIpc) is 3.35. The molecule has 3 aromatic rings. The Bertz CT molecular complexity index is 1130. The molecular formula is C23H25F2N5. The van der Waals surface area contributed by atoms with Crippen molar-refractivity contribution in [1.82, 2.24) is 14.6 Å². The van der Waals surface area contributed by atoms with E-state index in [1.807, 2.05) is 49.0 Å². The van der Waals surface area contributed by atoms with Gasteiger partial charge in [0.05, 0.1) is 12.2 Å². The molecule has 0 bridgehead atoms. The molecule has 1 aromatic carbocycles. The van der Waals surface area contributed by atoms with Gasteiger partial charge in [0, 0.05) is 31.0 Å². The first kappa shape index (κ1) is 20.1. The van der Waals surface area contributed by atoms with Crippen LogP contribution in [0.3, 0.4) is 0 Å². The lowest BCUT2D eigenvalue weighted by Crippen LogP contribution is -2.24. The first-order valence-electron chi connectivity index (χ1n) is 9.98. The Balaban J connectivity index is 1.73. The van der Waals surface area contributed by atoms with E-state index in [0.29, 0.717) is 11.2 Å². The molecule has 0 N–H and O–H groups in total. The zero-order valence-electron chi connectivity index (χ0n) is 17.4. The van der Waals surface area contributed by atoms with Crippen molar-refractivity contribution in [2.24, 2.45) is 0 Å². The largest absolute Gasteiger partial charge is 0.349 e. The molecule has 5 nitrogen and oxygen atoms in total. The molecule has 0 amide bonds. The van der Waals surface area contributed by atoms with Crippen molar-refractivity contribution in [1.29, 1.82) is 0 Å². The van der Waals surface area contributed by atoms with E-state index in [0.717, 1.165) is 48.2 Å². The van der Waals surface area contributed by atoms with E-state index >= 15 is 0 Å². The molecule has 30 heavy (non-hydrogen) atoms. The Kier molecular flexibility index (Phi) is 5.28. The highest BCUT2D eigenvalue weighted by Gasteiger charge is 2.30. The zero-order chi connectivity index (χ0) is 21.4. The minimum atomic E-state index is -0.430. The number of fused-ring (bicyclic) bond motifs is 1. The molecular weight excluding hydrogens is 384 g/mol. The average molecular weight is 409 g/mol. The van der Waals surface area contributed by atoms with Crippen LogP contribution in [0, 0.1) is 11.6 Å². The Morgan fingerprint density at radius 3 is 2.83 bits per heavy atom. The number of allylic oxidation sites excluding steroid dienone is 3. The predicted molar refractivity (Wildman–Crippen MR) is 116 cm³/mol. The van der Waals surface area contributed by atoms with Crippen molar-refractivity contribution in [3.63, 3.8) is 0 Å². The predicted octanol–water partition coefficient (Wildman–Crippen LogP) is 5.27. The quantitative estimate of drug-likeness (QED) is 0.538. The van der Waals surface area contributed by atoms with Crippen molar-refractivity contribution >= 4 is 17.2 Å². The Hall–Kier alpha value is -3.22. The second kappa shape index (κ2) is 7.89. The van der Waals surface area contributed by atoms with Gasteiger partial charge >= 0.3 is 0 Å². The fraction of sp³-hybridized carbons (Fsp3) is 0.304. The summed E-state index contributed by atoms with van der Waals surface area (Å²) < 4.78 is 29.9. The minimum Gasteiger partial charge on any atom is -0.349 e. The van der Waals surface area contributed by atoms with Crippen LogP contribution in [0.5, 0.6) is 0 Å². The van der Waals surface area contributed by atoms with E-state index < -0.39 is 5.82 Å². The fourth-order valence-corrected chi connectivity index (χ4v) is 4.02. The molecule has 1 atom stereocenters. The first-order chi connectivity index (χ1) is 14.3. The second-order valence-electron chi connectivity index (χ2n) is 7.79. The molecule has 2 aromatic heterocycles. The van der Waals surface area contributed by atoms with Crippen LogP contribution < -0.4 is 9.80 Å². The van der Waals surface area contributed by atoms with Crippen molar-refractivity contribution in [3.05, 3.63) is 77.8 Å². The highest BCUT2D eigenvalue weighted by Crippen LogP contribution is 2.37. The van der Waals surface area contributed by atoms with E-state index in [1.165, 1.54) is 12.1 Å². The van der Waals surface area contributed by atoms with Gasteiger partial charge in [-0.25, -0.2) is 18.3 Å². The van der Waals surface area contributed by atoms with Crippen LogP contribution in [0.4, 0.5) is 20.3 Å². The maximum Gasteiger partial charge on any atom is 0.181 e. The van der Waals surface area contributed by atoms with Gasteiger partial charge in [-0.2, -0.15) is 5.10 Å². The van der Waals surface area contributed by atoms with E-state index in [1.54, 1.807) is 10.7 Å². The first-order valence-corrected chi connectivity index (χ1v) is 9.98. The Morgan fingerprint density at radius 2 is 2.07 bits per heavy atom. The van der Waals surface area contributed by atoms with Gasteiger partial charge in [0.1, 0.15) is 23.1 Å². The van der Waals surface area contributed by atoms with Crippen molar-refractivity contribution < 1.29 is 8.78 Å². The minimum absolute atomic E-state index is 0.246. The molecule has 1 saturated heterocycles. The van der Waals surface area contributed by atoms with Crippen LogP contribution in [-0.4, -0.2) is 28.2 Å². The van der Waals surface area contributed by atoms with Crippen LogP contribution in [0.25, 0.3) is 5.65 Å². The lowest BCUT2D eigenvalue weighted by atomic mass is 10.0. The number of aromatic nitrogens is 3. The lowest BCUT2D eigenvalue weighted by Gasteiger charge is -2.27. The van der Waals surface area contributed by atoms with Crippen molar-refractivity contribution in [2.45, 2.75) is 32.7 Å². The van der Waals surface area contributed by atoms with E-state index in [4.69, 9.17) is 4.98 Å². The van der Waals surface area contributed by atoms with Crippen LogP contribution >= 0.6 is 0 Å². The number of benzene rings is 1. The van der Waals surface area contributed by atoms with Gasteiger partial charge in [-0.05, 0) is 57.0 Å². The number of rotatable bonds is 5. The second-order valence-corrected chi connectivity index (χ2v) is 7.79. The standard InChI is InChI=1S/C23H25F2N5/c1-15(2)12-16(3)28(4)21-14-26-30-11-9-22(27-23(21)30)29-10-5-6-20(29)18-13-17(24)7-8-19(18)25/h7-9,11-14,20H,1,5-6,10H2,2-4H3/b16-12-/t20-/m1/s1. The third-order valence-electron chi connectivity index (χ3n) is 5.55. The maximum atomic E-state index is 14.4. The summed E-state index contributed by atoms with van der Waals surface area (Å²) in [5.74, 6) is -0.0915. The molecule has 7 heteroatoms. The Labute approximate surface area is 174 Å². The van der Waals surface area contributed by atoms with E-state index in [-0.39, 0.29) is 11.9 Å². The maximum absolute atomic E-state index is 14.4. The van der Waals surface area contributed by atoms with Crippen LogP contribution in [0.1, 0.15) is 38.3 Å². The summed E-state index contributed by atoms with van der Waals surface area (Å²) in [6, 6.07) is 5.26. The smallest absolute Gasteiger partial charge is 0.181 e. The molecule has 0 aliphatic carbocycles. The summed E-state index contributed by atoms with van der Waals surface area (Å²) in [4.78, 5) is 8.91. The van der Waals surface area contributed by atoms with Crippen LogP contribution in [0.15, 0.2) is 60.6 Å². The molecule has 4 rings (SSSR count). The topological polar surface area (TPSA) is 36.7 Å². The number of hydrogen-bond donors (Lipinski definition) is 0. The van der Waals surface area contributed by atoms with E-state index in [9.17, 15) is 8.78 Å². The monoisotopic (exact) mass is 409 g/mol. The number of anilines is 2. The lowest BCUT2D eigenvalue weighted by molar-refractivity contribution is 0.560. The number of halogens is 2. The molecule has 0 radical (unpaired) electrons. The Morgan fingerprint density at radius 1 is 1.27 bits per heavy atom. The van der Waals surface area contributed by atoms with Gasteiger partial charge in [-0.15, -0.1) is 0 Å². The number of hydrogen-bond acceptors (Lipinski definition) is 4. The molecule has 1 aliphatic heterocycles. The summed E-state index contributed by atoms with van der Waals surface area (Å²) in [5, 5.41) is 4.41. The van der Waals surface area contributed by atoms with Gasteiger partial charge in [0.15, 0.2) is 5.65 Å². The van der Waals surface area contributed by atoms with Crippen LogP contribution in [-0.2, 0) is 0 Å². The third-order valence-corrected chi connectivity index (χ3v) is 5.55. The summed E-state index contributed by atoms with van der Waals surface area (Å²) in [5.41, 5.74) is 3.92.